The number of benzene rings is 1. The Labute approximate surface area is 159 Å². The van der Waals surface area contributed by atoms with Gasteiger partial charge in [0.2, 0.25) is 0 Å². The molecule has 1 aromatic carbocycles. The van der Waals surface area contributed by atoms with Gasteiger partial charge in [0, 0.05) is 11.4 Å². The van der Waals surface area contributed by atoms with Crippen molar-refractivity contribution in [2.45, 2.75) is 25.8 Å². The number of carbonyl (C=O) groups is 1. The van der Waals surface area contributed by atoms with Crippen LogP contribution in [-0.4, -0.2) is 43.7 Å². The minimum Gasteiger partial charge on any atom is -0.491 e. The third kappa shape index (κ3) is 5.22. The van der Waals surface area contributed by atoms with Crippen molar-refractivity contribution in [3.63, 3.8) is 0 Å². The number of hydrogen-bond acceptors (Lipinski definition) is 4. The number of thiophene rings is 1. The SMILES string of the molecule is Cc1ccccc1OCCNC(=O)NCC(c1cccs1)N1CCCC1. The van der Waals surface area contributed by atoms with E-state index in [0.717, 1.165) is 24.4 Å². The third-order valence-electron chi connectivity index (χ3n) is 4.65. The summed E-state index contributed by atoms with van der Waals surface area (Å²) >= 11 is 1.76. The lowest BCUT2D eigenvalue weighted by molar-refractivity contribution is 0.220. The van der Waals surface area contributed by atoms with Gasteiger partial charge in [-0.3, -0.25) is 4.90 Å². The average molecular weight is 374 g/mol. The molecule has 5 nitrogen and oxygen atoms in total. The fraction of sp³-hybridized carbons (Fsp3) is 0.450. The molecule has 0 bridgehead atoms. The highest BCUT2D eigenvalue weighted by Gasteiger charge is 2.24. The Morgan fingerprint density at radius 2 is 2.00 bits per heavy atom. The molecular formula is C20H27N3O2S. The van der Waals surface area contributed by atoms with Crippen molar-refractivity contribution in [3.05, 3.63) is 52.2 Å². The molecule has 0 spiro atoms. The molecule has 1 fully saturated rings. The van der Waals surface area contributed by atoms with Gasteiger partial charge in [-0.1, -0.05) is 24.3 Å². The van der Waals surface area contributed by atoms with Crippen LogP contribution in [0.2, 0.25) is 0 Å². The summed E-state index contributed by atoms with van der Waals surface area (Å²) in [6.07, 6.45) is 2.48. The van der Waals surface area contributed by atoms with E-state index in [9.17, 15) is 4.79 Å². The van der Waals surface area contributed by atoms with Gasteiger partial charge in [0.15, 0.2) is 0 Å². The van der Waals surface area contributed by atoms with E-state index in [1.807, 2.05) is 31.2 Å². The molecule has 1 saturated heterocycles. The van der Waals surface area contributed by atoms with Crippen molar-refractivity contribution >= 4 is 17.4 Å². The molecule has 0 aliphatic carbocycles. The summed E-state index contributed by atoms with van der Waals surface area (Å²) in [4.78, 5) is 15.9. The lowest BCUT2D eigenvalue weighted by Gasteiger charge is -2.26. The maximum absolute atomic E-state index is 12.1. The molecular weight excluding hydrogens is 346 g/mol. The highest BCUT2D eigenvalue weighted by Crippen LogP contribution is 2.27. The van der Waals surface area contributed by atoms with E-state index < -0.39 is 0 Å². The van der Waals surface area contributed by atoms with Gasteiger partial charge in [-0.25, -0.2) is 4.79 Å². The van der Waals surface area contributed by atoms with Crippen molar-refractivity contribution in [1.29, 1.82) is 0 Å². The minimum absolute atomic E-state index is 0.140. The first-order chi connectivity index (χ1) is 12.7. The summed E-state index contributed by atoms with van der Waals surface area (Å²) in [5, 5.41) is 7.99. The second-order valence-corrected chi connectivity index (χ2v) is 7.50. The van der Waals surface area contributed by atoms with Gasteiger partial charge in [0.1, 0.15) is 12.4 Å². The zero-order valence-electron chi connectivity index (χ0n) is 15.2. The van der Waals surface area contributed by atoms with Crippen LogP contribution >= 0.6 is 11.3 Å². The molecule has 0 saturated carbocycles. The van der Waals surface area contributed by atoms with Gasteiger partial charge in [-0.05, 0) is 55.9 Å². The van der Waals surface area contributed by atoms with Gasteiger partial charge in [0.25, 0.3) is 0 Å². The van der Waals surface area contributed by atoms with Gasteiger partial charge in [-0.2, -0.15) is 0 Å². The van der Waals surface area contributed by atoms with Crippen LogP contribution in [0.1, 0.15) is 29.3 Å². The second kappa shape index (κ2) is 9.59. The molecule has 3 rings (SSSR count). The number of rotatable bonds is 8. The van der Waals surface area contributed by atoms with Crippen LogP contribution < -0.4 is 15.4 Å². The minimum atomic E-state index is -0.140. The van der Waals surface area contributed by atoms with E-state index in [1.54, 1.807) is 11.3 Å². The molecule has 1 unspecified atom stereocenters. The van der Waals surface area contributed by atoms with Crippen LogP contribution in [0.15, 0.2) is 41.8 Å². The highest BCUT2D eigenvalue weighted by atomic mass is 32.1. The summed E-state index contributed by atoms with van der Waals surface area (Å²) in [7, 11) is 0. The molecule has 2 amide bonds. The smallest absolute Gasteiger partial charge is 0.314 e. The second-order valence-electron chi connectivity index (χ2n) is 6.53. The molecule has 1 atom stereocenters. The van der Waals surface area contributed by atoms with Gasteiger partial charge < -0.3 is 15.4 Å². The Hall–Kier alpha value is -2.05. The van der Waals surface area contributed by atoms with E-state index in [0.29, 0.717) is 19.7 Å². The van der Waals surface area contributed by atoms with E-state index in [4.69, 9.17) is 4.74 Å². The first-order valence-electron chi connectivity index (χ1n) is 9.21. The quantitative estimate of drug-likeness (QED) is 0.696. The van der Waals surface area contributed by atoms with Crippen LogP contribution in [0, 0.1) is 6.92 Å². The first-order valence-corrected chi connectivity index (χ1v) is 10.1. The van der Waals surface area contributed by atoms with Crippen molar-refractivity contribution in [3.8, 4) is 5.75 Å². The number of nitrogens with one attached hydrogen (secondary N) is 2. The van der Waals surface area contributed by atoms with Crippen molar-refractivity contribution in [2.24, 2.45) is 0 Å². The standard InChI is InChI=1S/C20H27N3O2S/c1-16-7-2-3-8-18(16)25-13-10-21-20(24)22-15-17(19-9-6-14-26-19)23-11-4-5-12-23/h2-3,6-9,14,17H,4-5,10-13,15H2,1H3,(H2,21,22,24). The highest BCUT2D eigenvalue weighted by molar-refractivity contribution is 7.10. The topological polar surface area (TPSA) is 53.6 Å². The first kappa shape index (κ1) is 18.7. The zero-order chi connectivity index (χ0) is 18.2. The van der Waals surface area contributed by atoms with Crippen LogP contribution in [0.3, 0.4) is 0 Å². The molecule has 140 valence electrons. The number of hydrogen-bond donors (Lipinski definition) is 2. The number of urea groups is 1. The summed E-state index contributed by atoms with van der Waals surface area (Å²) in [5.74, 6) is 0.863. The van der Waals surface area contributed by atoms with Gasteiger partial charge >= 0.3 is 6.03 Å². The number of amides is 2. The number of ether oxygens (including phenoxy) is 1. The predicted octanol–water partition coefficient (Wildman–Crippen LogP) is 3.57. The Bertz CT molecular complexity index is 684. The van der Waals surface area contributed by atoms with E-state index in [2.05, 4.69) is 33.0 Å². The fourth-order valence-corrected chi connectivity index (χ4v) is 4.10. The van der Waals surface area contributed by atoms with Crippen LogP contribution in [0.25, 0.3) is 0 Å². The number of aryl methyl sites for hydroxylation is 1. The molecule has 0 radical (unpaired) electrons. The average Bonchev–Trinajstić information content (AvgIpc) is 3.35. The summed E-state index contributed by atoms with van der Waals surface area (Å²) in [5.41, 5.74) is 1.10. The molecule has 26 heavy (non-hydrogen) atoms. The Morgan fingerprint density at radius 3 is 2.73 bits per heavy atom. The maximum Gasteiger partial charge on any atom is 0.314 e. The molecule has 2 N–H and O–H groups in total. The molecule has 1 aliphatic heterocycles. The van der Waals surface area contributed by atoms with Crippen LogP contribution in [-0.2, 0) is 0 Å². The molecule has 1 aromatic heterocycles. The largest absolute Gasteiger partial charge is 0.491 e. The molecule has 2 heterocycles. The Kier molecular flexibility index (Phi) is 6.91. The summed E-state index contributed by atoms with van der Waals surface area (Å²) in [6, 6.07) is 12.2. The third-order valence-corrected chi connectivity index (χ3v) is 5.62. The number of likely N-dealkylation sites (tertiary alicyclic amines) is 1. The predicted molar refractivity (Wildman–Crippen MR) is 106 cm³/mol. The fourth-order valence-electron chi connectivity index (χ4n) is 3.24. The molecule has 6 heteroatoms. The van der Waals surface area contributed by atoms with Crippen LogP contribution in [0.4, 0.5) is 4.79 Å². The Balaban J connectivity index is 1.40. The monoisotopic (exact) mass is 373 g/mol. The van der Waals surface area contributed by atoms with E-state index in [-0.39, 0.29) is 12.1 Å². The lowest BCUT2D eigenvalue weighted by Crippen LogP contribution is -2.42. The normalized spacial score (nSPS) is 15.6. The van der Waals surface area contributed by atoms with E-state index >= 15 is 0 Å². The summed E-state index contributed by atoms with van der Waals surface area (Å²) < 4.78 is 5.70. The number of para-hydroxylation sites is 1. The zero-order valence-corrected chi connectivity index (χ0v) is 16.1. The van der Waals surface area contributed by atoms with Crippen molar-refractivity contribution < 1.29 is 9.53 Å². The Morgan fingerprint density at radius 1 is 1.19 bits per heavy atom. The number of nitrogens with zero attached hydrogens (tertiary/aromatic N) is 1. The van der Waals surface area contributed by atoms with E-state index in [1.165, 1.54) is 17.7 Å². The molecule has 2 aromatic rings. The van der Waals surface area contributed by atoms with Gasteiger partial charge in [0.05, 0.1) is 12.6 Å². The maximum atomic E-state index is 12.1. The summed E-state index contributed by atoms with van der Waals surface area (Å²) in [6.45, 7) is 5.79. The molecule has 1 aliphatic rings. The van der Waals surface area contributed by atoms with Crippen molar-refractivity contribution in [2.75, 3.05) is 32.8 Å². The lowest BCUT2D eigenvalue weighted by atomic mass is 10.2. The van der Waals surface area contributed by atoms with Gasteiger partial charge in [-0.15, -0.1) is 11.3 Å². The van der Waals surface area contributed by atoms with Crippen molar-refractivity contribution in [1.82, 2.24) is 15.5 Å². The number of carbonyl (C=O) groups excluding carboxylic acids is 1. The van der Waals surface area contributed by atoms with Crippen LogP contribution in [0.5, 0.6) is 5.75 Å².